The van der Waals surface area contributed by atoms with Crippen LogP contribution in [0, 0.1) is 5.82 Å². The third-order valence-electron chi connectivity index (χ3n) is 3.76. The van der Waals surface area contributed by atoms with E-state index in [1.54, 1.807) is 12.1 Å². The molecule has 0 spiro atoms. The average molecular weight is 402 g/mol. The minimum Gasteiger partial charge on any atom is -0.459 e. The van der Waals surface area contributed by atoms with Gasteiger partial charge in [-0.3, -0.25) is 0 Å². The van der Waals surface area contributed by atoms with Gasteiger partial charge in [-0.1, -0.05) is 16.8 Å². The summed E-state index contributed by atoms with van der Waals surface area (Å²) in [6, 6.07) is 7.56. The van der Waals surface area contributed by atoms with E-state index in [4.69, 9.17) is 26.3 Å². The van der Waals surface area contributed by atoms with E-state index in [1.165, 1.54) is 29.4 Å². The molecule has 1 aromatic carbocycles. The Morgan fingerprint density at radius 1 is 1.14 bits per heavy atom. The van der Waals surface area contributed by atoms with Crippen LogP contribution in [0.15, 0.2) is 45.5 Å². The van der Waals surface area contributed by atoms with E-state index in [1.807, 2.05) is 6.92 Å². The second-order valence-electron chi connectivity index (χ2n) is 5.56. The first-order chi connectivity index (χ1) is 13.5. The van der Waals surface area contributed by atoms with Crippen LogP contribution in [-0.4, -0.2) is 31.6 Å². The Hall–Kier alpha value is -3.53. The lowest BCUT2D eigenvalue weighted by Crippen LogP contribution is -2.21. The Bertz CT molecular complexity index is 1120. The molecule has 3 aromatic heterocycles. The highest BCUT2D eigenvalue weighted by molar-refractivity contribution is 6.30. The van der Waals surface area contributed by atoms with Crippen LogP contribution < -0.4 is 10.6 Å². The van der Waals surface area contributed by atoms with Gasteiger partial charge in [-0.05, 0) is 37.3 Å². The molecule has 0 saturated carbocycles. The summed E-state index contributed by atoms with van der Waals surface area (Å²) < 4.78 is 24.7. The van der Waals surface area contributed by atoms with E-state index in [-0.39, 0.29) is 35.1 Å². The molecule has 4 rings (SSSR count). The van der Waals surface area contributed by atoms with Crippen LogP contribution in [0.3, 0.4) is 0 Å². The van der Waals surface area contributed by atoms with Gasteiger partial charge < -0.3 is 19.6 Å². The molecule has 0 amide bonds. The molecule has 3 heterocycles. The molecule has 142 valence electrons. The van der Waals surface area contributed by atoms with Gasteiger partial charge in [0, 0.05) is 11.6 Å². The molecule has 0 aliphatic heterocycles. The number of halogens is 2. The molecule has 0 atom stereocenters. The maximum Gasteiger partial charge on any atom is 0.294 e. The van der Waals surface area contributed by atoms with E-state index >= 15 is 0 Å². The number of hydrogen-bond acceptors (Lipinski definition) is 9. The summed E-state index contributed by atoms with van der Waals surface area (Å²) in [6.45, 7) is 2.16. The van der Waals surface area contributed by atoms with Gasteiger partial charge in [0.05, 0.1) is 12.0 Å². The normalized spacial score (nSPS) is 11.0. The summed E-state index contributed by atoms with van der Waals surface area (Å²) in [6.07, 6.45) is 1.48. The van der Waals surface area contributed by atoms with Crippen molar-refractivity contribution in [3.8, 4) is 23.3 Å². The molecule has 0 saturated heterocycles. The number of nitrogen functional groups attached to an aromatic ring is 1. The molecule has 0 aliphatic rings. The lowest BCUT2D eigenvalue weighted by Gasteiger charge is -2.21. The van der Waals surface area contributed by atoms with Crippen molar-refractivity contribution in [2.45, 2.75) is 6.92 Å². The zero-order valence-corrected chi connectivity index (χ0v) is 15.3. The summed E-state index contributed by atoms with van der Waals surface area (Å²) in [4.78, 5) is 18.2. The van der Waals surface area contributed by atoms with E-state index in [0.29, 0.717) is 17.3 Å². The number of hydrogen-bond donors (Lipinski definition) is 1. The van der Waals surface area contributed by atoms with Crippen molar-refractivity contribution >= 4 is 29.2 Å². The first-order valence-corrected chi connectivity index (χ1v) is 8.55. The Kier molecular flexibility index (Phi) is 4.62. The molecule has 9 nitrogen and oxygen atoms in total. The number of anilines is 3. The highest BCUT2D eigenvalue weighted by atomic mass is 35.5. The van der Waals surface area contributed by atoms with Crippen LogP contribution in [-0.2, 0) is 0 Å². The van der Waals surface area contributed by atoms with Crippen molar-refractivity contribution in [2.24, 2.45) is 0 Å². The van der Waals surface area contributed by atoms with Crippen LogP contribution in [0.1, 0.15) is 6.92 Å². The molecular formula is C17H13ClFN7O2. The number of furan rings is 1. The summed E-state index contributed by atoms with van der Waals surface area (Å²) in [5.41, 5.74) is 6.03. The largest absolute Gasteiger partial charge is 0.459 e. The first kappa shape index (κ1) is 17.9. The summed E-state index contributed by atoms with van der Waals surface area (Å²) in [5, 5.41) is 4.22. The molecule has 0 aliphatic carbocycles. The van der Waals surface area contributed by atoms with Gasteiger partial charge in [-0.15, -0.1) is 0 Å². The molecule has 2 N–H and O–H groups in total. The maximum atomic E-state index is 14.3. The number of nitrogens with two attached hydrogens (primary N) is 1. The lowest BCUT2D eigenvalue weighted by atomic mass is 10.3. The Morgan fingerprint density at radius 2 is 2.00 bits per heavy atom. The number of benzene rings is 1. The van der Waals surface area contributed by atoms with Gasteiger partial charge in [0.1, 0.15) is 5.82 Å². The highest BCUT2D eigenvalue weighted by Crippen LogP contribution is 2.29. The Balaban J connectivity index is 1.75. The fourth-order valence-electron chi connectivity index (χ4n) is 2.53. The second-order valence-corrected chi connectivity index (χ2v) is 5.99. The fraction of sp³-hybridized carbons (Fsp3) is 0.118. The predicted molar refractivity (Wildman–Crippen MR) is 99.3 cm³/mol. The molecule has 0 unspecified atom stereocenters. The quantitative estimate of drug-likeness (QED) is 0.533. The van der Waals surface area contributed by atoms with Crippen LogP contribution in [0.2, 0.25) is 5.02 Å². The molecular weight excluding hydrogens is 389 g/mol. The van der Waals surface area contributed by atoms with Crippen molar-refractivity contribution in [3.05, 3.63) is 47.4 Å². The molecule has 28 heavy (non-hydrogen) atoms. The molecule has 4 aromatic rings. The van der Waals surface area contributed by atoms with E-state index in [9.17, 15) is 4.39 Å². The van der Waals surface area contributed by atoms with Crippen LogP contribution in [0.5, 0.6) is 0 Å². The van der Waals surface area contributed by atoms with E-state index in [2.05, 4.69) is 25.1 Å². The van der Waals surface area contributed by atoms with Crippen molar-refractivity contribution in [2.75, 3.05) is 17.2 Å². The number of nitrogens with zero attached hydrogens (tertiary/aromatic N) is 6. The molecule has 11 heteroatoms. The fourth-order valence-corrected chi connectivity index (χ4v) is 2.69. The van der Waals surface area contributed by atoms with Crippen LogP contribution in [0.25, 0.3) is 23.3 Å². The minimum atomic E-state index is -0.480. The third-order valence-corrected chi connectivity index (χ3v) is 3.99. The summed E-state index contributed by atoms with van der Waals surface area (Å²) >= 11 is 6.00. The van der Waals surface area contributed by atoms with Crippen LogP contribution >= 0.6 is 11.6 Å². The van der Waals surface area contributed by atoms with Gasteiger partial charge in [0.25, 0.3) is 5.89 Å². The van der Waals surface area contributed by atoms with Crippen molar-refractivity contribution in [1.82, 2.24) is 25.1 Å². The SMILES string of the molecule is CCN(c1nc(N)nc(-c2noc(-c3ccco3)n2)n1)c1cc(Cl)ccc1F. The topological polar surface area (TPSA) is 120 Å². The lowest BCUT2D eigenvalue weighted by molar-refractivity contribution is 0.416. The summed E-state index contributed by atoms with van der Waals surface area (Å²) in [7, 11) is 0. The average Bonchev–Trinajstić information content (AvgIpc) is 3.36. The summed E-state index contributed by atoms with van der Waals surface area (Å²) in [5.74, 6) is 0.285. The third kappa shape index (κ3) is 3.37. The first-order valence-electron chi connectivity index (χ1n) is 8.17. The van der Waals surface area contributed by atoms with Crippen molar-refractivity contribution in [1.29, 1.82) is 0 Å². The molecule has 0 bridgehead atoms. The van der Waals surface area contributed by atoms with Gasteiger partial charge >= 0.3 is 0 Å². The minimum absolute atomic E-state index is 0.0740. The van der Waals surface area contributed by atoms with Crippen LogP contribution in [0.4, 0.5) is 22.0 Å². The monoisotopic (exact) mass is 401 g/mol. The maximum absolute atomic E-state index is 14.3. The van der Waals surface area contributed by atoms with Gasteiger partial charge in [-0.25, -0.2) is 4.39 Å². The Morgan fingerprint density at radius 3 is 2.75 bits per heavy atom. The zero-order valence-electron chi connectivity index (χ0n) is 14.5. The van der Waals surface area contributed by atoms with Crippen molar-refractivity contribution in [3.63, 3.8) is 0 Å². The highest BCUT2D eigenvalue weighted by Gasteiger charge is 2.20. The van der Waals surface area contributed by atoms with Crippen molar-refractivity contribution < 1.29 is 13.3 Å². The Labute approximate surface area is 163 Å². The van der Waals surface area contributed by atoms with Gasteiger partial charge in [-0.2, -0.15) is 19.9 Å². The van der Waals surface area contributed by atoms with Gasteiger partial charge in [0.2, 0.25) is 23.5 Å². The van der Waals surface area contributed by atoms with E-state index in [0.717, 1.165) is 0 Å². The molecule has 0 fully saturated rings. The van der Waals surface area contributed by atoms with Gasteiger partial charge in [0.15, 0.2) is 5.76 Å². The second kappa shape index (κ2) is 7.24. The smallest absolute Gasteiger partial charge is 0.294 e. The van der Waals surface area contributed by atoms with E-state index < -0.39 is 5.82 Å². The number of aromatic nitrogens is 5. The standard InChI is InChI=1S/C17H13ClFN7O2/c1-2-26(11-8-9(18)5-6-10(11)19)17-23-13(22-16(20)24-17)14-21-15(28-25-14)12-4-3-7-27-12/h3-8H,2H2,1H3,(H2,20,22,23,24). The molecule has 0 radical (unpaired) electrons. The predicted octanol–water partition coefficient (Wildman–Crippen LogP) is 3.71. The zero-order chi connectivity index (χ0) is 19.7. The number of rotatable bonds is 5.